The summed E-state index contributed by atoms with van der Waals surface area (Å²) in [6.45, 7) is 1.74. The summed E-state index contributed by atoms with van der Waals surface area (Å²) >= 11 is 0. The van der Waals surface area contributed by atoms with Gasteiger partial charge >= 0.3 is 0 Å². The highest BCUT2D eigenvalue weighted by Gasteiger charge is 2.24. The monoisotopic (exact) mass is 229 g/mol. The quantitative estimate of drug-likeness (QED) is 0.836. The Morgan fingerprint density at radius 3 is 2.88 bits per heavy atom. The van der Waals surface area contributed by atoms with Crippen molar-refractivity contribution in [2.75, 3.05) is 26.8 Å². The normalized spacial score (nSPS) is 20.8. The Labute approximate surface area is 92.4 Å². The second-order valence-corrected chi connectivity index (χ2v) is 3.57. The number of hydrogen-bond acceptors (Lipinski definition) is 3. The maximum atomic E-state index is 13.7. The van der Waals surface area contributed by atoms with Crippen molar-refractivity contribution in [2.24, 2.45) is 0 Å². The largest absolute Gasteiger partial charge is 0.496 e. The van der Waals surface area contributed by atoms with Gasteiger partial charge in [-0.15, -0.1) is 0 Å². The molecule has 1 aliphatic rings. The lowest BCUT2D eigenvalue weighted by atomic mass is 10.1. The third kappa shape index (κ3) is 2.15. The molecule has 1 saturated heterocycles. The van der Waals surface area contributed by atoms with E-state index in [0.717, 1.165) is 18.7 Å². The lowest BCUT2D eigenvalue weighted by Crippen LogP contribution is -2.34. The van der Waals surface area contributed by atoms with Gasteiger partial charge in [0, 0.05) is 25.2 Å². The molecule has 88 valence electrons. The molecule has 0 aliphatic carbocycles. The summed E-state index contributed by atoms with van der Waals surface area (Å²) in [7, 11) is 1.38. The Hall–Kier alpha value is -1.20. The number of hydrogen-bond donors (Lipinski definition) is 1. The highest BCUT2D eigenvalue weighted by atomic mass is 19.1. The lowest BCUT2D eigenvalue weighted by molar-refractivity contribution is 0.0239. The van der Waals surface area contributed by atoms with Crippen LogP contribution in [0.1, 0.15) is 11.7 Å². The molecule has 1 unspecified atom stereocenters. The minimum Gasteiger partial charge on any atom is -0.496 e. The molecule has 16 heavy (non-hydrogen) atoms. The molecule has 2 rings (SSSR count). The Kier molecular flexibility index (Phi) is 3.36. The van der Waals surface area contributed by atoms with Gasteiger partial charge in [0.25, 0.3) is 0 Å². The van der Waals surface area contributed by atoms with E-state index in [9.17, 15) is 8.78 Å². The topological polar surface area (TPSA) is 30.5 Å². The van der Waals surface area contributed by atoms with Crippen molar-refractivity contribution in [3.63, 3.8) is 0 Å². The number of halogens is 2. The first-order valence-electron chi connectivity index (χ1n) is 5.07. The van der Waals surface area contributed by atoms with Crippen LogP contribution < -0.4 is 10.1 Å². The summed E-state index contributed by atoms with van der Waals surface area (Å²) in [5.74, 6) is -1.10. The first-order valence-corrected chi connectivity index (χ1v) is 5.07. The summed E-state index contributed by atoms with van der Waals surface area (Å²) in [4.78, 5) is 0. The number of rotatable bonds is 2. The third-order valence-electron chi connectivity index (χ3n) is 2.53. The Morgan fingerprint density at radius 2 is 2.25 bits per heavy atom. The maximum Gasteiger partial charge on any atom is 0.135 e. The van der Waals surface area contributed by atoms with E-state index in [2.05, 4.69) is 5.32 Å². The summed E-state index contributed by atoms with van der Waals surface area (Å²) in [5.41, 5.74) is 0.274. The molecule has 0 spiro atoms. The van der Waals surface area contributed by atoms with E-state index in [-0.39, 0.29) is 11.3 Å². The molecule has 0 amide bonds. The van der Waals surface area contributed by atoms with E-state index >= 15 is 0 Å². The molecule has 0 saturated carbocycles. The van der Waals surface area contributed by atoms with Gasteiger partial charge in [0.2, 0.25) is 0 Å². The maximum absolute atomic E-state index is 13.7. The fourth-order valence-corrected chi connectivity index (χ4v) is 1.79. The number of benzene rings is 1. The molecular formula is C11H13F2NO2. The van der Waals surface area contributed by atoms with Crippen molar-refractivity contribution >= 4 is 0 Å². The summed E-state index contributed by atoms with van der Waals surface area (Å²) < 4.78 is 37.0. The van der Waals surface area contributed by atoms with Crippen LogP contribution in [0.2, 0.25) is 0 Å². The van der Waals surface area contributed by atoms with Crippen LogP contribution >= 0.6 is 0 Å². The van der Waals surface area contributed by atoms with Crippen LogP contribution in [0, 0.1) is 11.6 Å². The minimum absolute atomic E-state index is 0.186. The van der Waals surface area contributed by atoms with Crippen molar-refractivity contribution in [3.8, 4) is 5.75 Å². The zero-order valence-corrected chi connectivity index (χ0v) is 8.93. The molecule has 1 atom stereocenters. The van der Waals surface area contributed by atoms with E-state index in [0.29, 0.717) is 13.2 Å². The Morgan fingerprint density at radius 1 is 1.44 bits per heavy atom. The average molecular weight is 229 g/mol. The molecular weight excluding hydrogens is 216 g/mol. The third-order valence-corrected chi connectivity index (χ3v) is 2.53. The van der Waals surface area contributed by atoms with Crippen molar-refractivity contribution in [1.29, 1.82) is 0 Å². The second kappa shape index (κ2) is 4.76. The fraction of sp³-hybridized carbons (Fsp3) is 0.455. The highest BCUT2D eigenvalue weighted by molar-refractivity contribution is 5.37. The molecule has 0 bridgehead atoms. The van der Waals surface area contributed by atoms with Crippen LogP contribution in [0.4, 0.5) is 8.78 Å². The first kappa shape index (κ1) is 11.3. The van der Waals surface area contributed by atoms with Gasteiger partial charge in [-0.25, -0.2) is 8.78 Å². The Bertz CT molecular complexity index is 378. The van der Waals surface area contributed by atoms with Crippen molar-refractivity contribution < 1.29 is 18.3 Å². The van der Waals surface area contributed by atoms with E-state index in [1.165, 1.54) is 7.11 Å². The Balaban J connectivity index is 2.37. The predicted octanol–water partition coefficient (Wildman–Crippen LogP) is 1.63. The van der Waals surface area contributed by atoms with Gasteiger partial charge < -0.3 is 14.8 Å². The summed E-state index contributed by atoms with van der Waals surface area (Å²) in [5, 5.41) is 3.09. The van der Waals surface area contributed by atoms with Gasteiger partial charge in [-0.3, -0.25) is 0 Å². The highest BCUT2D eigenvalue weighted by Crippen LogP contribution is 2.31. The SMILES string of the molecule is COc1cc(F)cc(F)c1C1CNCCO1. The second-order valence-electron chi connectivity index (χ2n) is 3.57. The molecule has 0 radical (unpaired) electrons. The molecule has 5 heteroatoms. The number of ether oxygens (including phenoxy) is 2. The zero-order valence-electron chi connectivity index (χ0n) is 8.93. The summed E-state index contributed by atoms with van der Waals surface area (Å²) in [6, 6.07) is 2.01. The van der Waals surface area contributed by atoms with Crippen LogP contribution in [0.15, 0.2) is 12.1 Å². The molecule has 1 fully saturated rings. The van der Waals surface area contributed by atoms with Crippen molar-refractivity contribution in [2.45, 2.75) is 6.10 Å². The van der Waals surface area contributed by atoms with E-state index in [1.807, 2.05) is 0 Å². The molecule has 3 nitrogen and oxygen atoms in total. The molecule has 1 aliphatic heterocycles. The van der Waals surface area contributed by atoms with Crippen LogP contribution in [-0.4, -0.2) is 26.8 Å². The predicted molar refractivity (Wildman–Crippen MR) is 54.5 cm³/mol. The lowest BCUT2D eigenvalue weighted by Gasteiger charge is -2.25. The average Bonchev–Trinajstić information content (AvgIpc) is 2.29. The summed E-state index contributed by atoms with van der Waals surface area (Å²) in [6.07, 6.45) is -0.427. The molecule has 1 aromatic carbocycles. The van der Waals surface area contributed by atoms with Crippen molar-refractivity contribution in [3.05, 3.63) is 29.3 Å². The standard InChI is InChI=1S/C11H13F2NO2/c1-15-9-5-7(12)4-8(13)11(9)10-6-14-2-3-16-10/h4-5,10,14H,2-3,6H2,1H3. The zero-order chi connectivity index (χ0) is 11.5. The minimum atomic E-state index is -0.651. The van der Waals surface area contributed by atoms with Crippen LogP contribution in [0.3, 0.4) is 0 Å². The van der Waals surface area contributed by atoms with Gasteiger partial charge in [-0.05, 0) is 0 Å². The first-order chi connectivity index (χ1) is 7.72. The number of morpholine rings is 1. The molecule has 1 heterocycles. The van der Waals surface area contributed by atoms with E-state index in [1.54, 1.807) is 0 Å². The van der Waals surface area contributed by atoms with Crippen molar-refractivity contribution in [1.82, 2.24) is 5.32 Å². The van der Waals surface area contributed by atoms with Crippen LogP contribution in [0.25, 0.3) is 0 Å². The van der Waals surface area contributed by atoms with E-state index < -0.39 is 17.7 Å². The van der Waals surface area contributed by atoms with Gasteiger partial charge in [-0.2, -0.15) is 0 Å². The fourth-order valence-electron chi connectivity index (χ4n) is 1.79. The smallest absolute Gasteiger partial charge is 0.135 e. The van der Waals surface area contributed by atoms with Crippen LogP contribution in [-0.2, 0) is 4.74 Å². The van der Waals surface area contributed by atoms with Gasteiger partial charge in [0.15, 0.2) is 0 Å². The molecule has 0 aromatic heterocycles. The van der Waals surface area contributed by atoms with Crippen LogP contribution in [0.5, 0.6) is 5.75 Å². The molecule has 1 aromatic rings. The van der Waals surface area contributed by atoms with Gasteiger partial charge in [0.1, 0.15) is 23.5 Å². The van der Waals surface area contributed by atoms with E-state index in [4.69, 9.17) is 9.47 Å². The van der Waals surface area contributed by atoms with Gasteiger partial charge in [-0.1, -0.05) is 0 Å². The number of nitrogens with one attached hydrogen (secondary N) is 1. The number of methoxy groups -OCH3 is 1. The molecule has 1 N–H and O–H groups in total. The van der Waals surface area contributed by atoms with Gasteiger partial charge in [0.05, 0.1) is 19.3 Å².